The number of halogens is 2. The van der Waals surface area contributed by atoms with Gasteiger partial charge in [0.25, 0.3) is 0 Å². The Labute approximate surface area is 158 Å². The number of nitrogens with one attached hydrogen (secondary N) is 1. The van der Waals surface area contributed by atoms with E-state index in [-0.39, 0.29) is 11.7 Å². The van der Waals surface area contributed by atoms with E-state index < -0.39 is 0 Å². The molecule has 0 fully saturated rings. The Balaban J connectivity index is 1.42. The third kappa shape index (κ3) is 4.95. The highest BCUT2D eigenvalue weighted by molar-refractivity contribution is 9.10. The van der Waals surface area contributed by atoms with E-state index in [0.29, 0.717) is 41.8 Å². The maximum Gasteiger partial charge on any atom is 0.220 e. The second-order valence-corrected chi connectivity index (χ2v) is 6.56. The number of aromatic nitrogens is 4. The SMILES string of the molecule is O=C(CCCn1nnc(-c2ccccc2)n1)NCc1ccc(Br)c(F)c1. The summed E-state index contributed by atoms with van der Waals surface area (Å²) in [5.41, 5.74) is 1.61. The average molecular weight is 418 g/mol. The minimum atomic E-state index is -0.344. The van der Waals surface area contributed by atoms with Crippen LogP contribution in [0.5, 0.6) is 0 Å². The molecule has 1 N–H and O–H groups in total. The predicted octanol–water partition coefficient (Wildman–Crippen LogP) is 3.34. The molecule has 0 aliphatic carbocycles. The van der Waals surface area contributed by atoms with Crippen molar-refractivity contribution in [2.75, 3.05) is 0 Å². The van der Waals surface area contributed by atoms with Crippen LogP contribution < -0.4 is 5.32 Å². The van der Waals surface area contributed by atoms with Crippen LogP contribution in [-0.2, 0) is 17.9 Å². The van der Waals surface area contributed by atoms with Crippen LogP contribution in [0.25, 0.3) is 11.4 Å². The number of aryl methyl sites for hydroxylation is 1. The van der Waals surface area contributed by atoms with Crippen LogP contribution in [0.4, 0.5) is 4.39 Å². The lowest BCUT2D eigenvalue weighted by molar-refractivity contribution is -0.121. The quantitative estimate of drug-likeness (QED) is 0.639. The summed E-state index contributed by atoms with van der Waals surface area (Å²) in [6, 6.07) is 14.4. The molecule has 1 heterocycles. The van der Waals surface area contributed by atoms with Crippen molar-refractivity contribution in [1.29, 1.82) is 0 Å². The van der Waals surface area contributed by atoms with Crippen LogP contribution >= 0.6 is 15.9 Å². The first-order chi connectivity index (χ1) is 12.6. The normalized spacial score (nSPS) is 10.7. The van der Waals surface area contributed by atoms with E-state index in [0.717, 1.165) is 5.56 Å². The van der Waals surface area contributed by atoms with Crippen molar-refractivity contribution >= 4 is 21.8 Å². The fourth-order valence-electron chi connectivity index (χ4n) is 2.36. The fourth-order valence-corrected chi connectivity index (χ4v) is 2.61. The van der Waals surface area contributed by atoms with Gasteiger partial charge < -0.3 is 5.32 Å². The molecular weight excluding hydrogens is 401 g/mol. The number of rotatable bonds is 7. The number of amides is 1. The summed E-state index contributed by atoms with van der Waals surface area (Å²) < 4.78 is 13.8. The van der Waals surface area contributed by atoms with Crippen molar-refractivity contribution in [3.63, 3.8) is 0 Å². The van der Waals surface area contributed by atoms with Gasteiger partial charge in [-0.3, -0.25) is 4.79 Å². The van der Waals surface area contributed by atoms with E-state index >= 15 is 0 Å². The molecule has 26 heavy (non-hydrogen) atoms. The maximum atomic E-state index is 13.4. The third-order valence-electron chi connectivity index (χ3n) is 3.72. The molecule has 0 aliphatic heterocycles. The highest BCUT2D eigenvalue weighted by Gasteiger charge is 2.07. The monoisotopic (exact) mass is 417 g/mol. The topological polar surface area (TPSA) is 72.7 Å². The highest BCUT2D eigenvalue weighted by atomic mass is 79.9. The lowest BCUT2D eigenvalue weighted by Crippen LogP contribution is -2.23. The summed E-state index contributed by atoms with van der Waals surface area (Å²) in [6.07, 6.45) is 0.923. The van der Waals surface area contributed by atoms with Gasteiger partial charge in [-0.05, 0) is 45.3 Å². The summed E-state index contributed by atoms with van der Waals surface area (Å²) in [6.45, 7) is 0.795. The van der Waals surface area contributed by atoms with Crippen LogP contribution in [0.2, 0.25) is 0 Å². The molecule has 0 spiro atoms. The second-order valence-electron chi connectivity index (χ2n) is 5.70. The number of tetrazole rings is 1. The first kappa shape index (κ1) is 18.2. The molecular formula is C18H17BrFN5O. The van der Waals surface area contributed by atoms with E-state index in [2.05, 4.69) is 36.7 Å². The van der Waals surface area contributed by atoms with Gasteiger partial charge in [-0.2, -0.15) is 4.80 Å². The summed E-state index contributed by atoms with van der Waals surface area (Å²) >= 11 is 3.10. The summed E-state index contributed by atoms with van der Waals surface area (Å²) in [4.78, 5) is 13.4. The van der Waals surface area contributed by atoms with E-state index in [1.165, 1.54) is 10.9 Å². The van der Waals surface area contributed by atoms with E-state index in [4.69, 9.17) is 0 Å². The van der Waals surface area contributed by atoms with Gasteiger partial charge >= 0.3 is 0 Å². The van der Waals surface area contributed by atoms with Gasteiger partial charge in [-0.1, -0.05) is 36.4 Å². The smallest absolute Gasteiger partial charge is 0.220 e. The largest absolute Gasteiger partial charge is 0.352 e. The van der Waals surface area contributed by atoms with Crippen LogP contribution in [0, 0.1) is 5.82 Å². The van der Waals surface area contributed by atoms with Crippen molar-refractivity contribution in [2.45, 2.75) is 25.9 Å². The first-order valence-corrected chi connectivity index (χ1v) is 8.95. The van der Waals surface area contributed by atoms with Crippen LogP contribution in [0.1, 0.15) is 18.4 Å². The molecule has 6 nitrogen and oxygen atoms in total. The first-order valence-electron chi connectivity index (χ1n) is 8.15. The molecule has 8 heteroatoms. The van der Waals surface area contributed by atoms with E-state index in [9.17, 15) is 9.18 Å². The van der Waals surface area contributed by atoms with Gasteiger partial charge in [0.05, 0.1) is 11.0 Å². The predicted molar refractivity (Wildman–Crippen MR) is 98.4 cm³/mol. The Kier molecular flexibility index (Phi) is 6.06. The molecule has 2 aromatic carbocycles. The number of carbonyl (C=O) groups excluding carboxylic acids is 1. The van der Waals surface area contributed by atoms with Crippen molar-refractivity contribution in [2.24, 2.45) is 0 Å². The number of hydrogen-bond donors (Lipinski definition) is 1. The highest BCUT2D eigenvalue weighted by Crippen LogP contribution is 2.16. The van der Waals surface area contributed by atoms with Gasteiger partial charge in [0, 0.05) is 18.5 Å². The number of nitrogens with zero attached hydrogens (tertiary/aromatic N) is 4. The Morgan fingerprint density at radius 1 is 1.19 bits per heavy atom. The van der Waals surface area contributed by atoms with Gasteiger partial charge in [0.15, 0.2) is 0 Å². The molecule has 134 valence electrons. The summed E-state index contributed by atoms with van der Waals surface area (Å²) in [5, 5.41) is 15.1. The Morgan fingerprint density at radius 3 is 2.77 bits per heavy atom. The van der Waals surface area contributed by atoms with Crippen molar-refractivity contribution in [3.8, 4) is 11.4 Å². The molecule has 3 rings (SSSR count). The zero-order valence-electron chi connectivity index (χ0n) is 13.9. The van der Waals surface area contributed by atoms with Crippen LogP contribution in [0.3, 0.4) is 0 Å². The second kappa shape index (κ2) is 8.66. The number of carbonyl (C=O) groups is 1. The van der Waals surface area contributed by atoms with Gasteiger partial charge in [-0.15, -0.1) is 10.2 Å². The standard InChI is InChI=1S/C18H17BrFN5O/c19-15-9-8-13(11-16(15)20)12-21-17(26)7-4-10-25-23-18(22-24-25)14-5-2-1-3-6-14/h1-3,5-6,8-9,11H,4,7,10,12H2,(H,21,26). The van der Waals surface area contributed by atoms with Crippen LogP contribution in [-0.4, -0.2) is 26.1 Å². The Morgan fingerprint density at radius 2 is 2.00 bits per heavy atom. The van der Waals surface area contributed by atoms with Gasteiger partial charge in [-0.25, -0.2) is 4.39 Å². The van der Waals surface area contributed by atoms with Crippen molar-refractivity contribution in [3.05, 3.63) is 64.4 Å². The number of hydrogen-bond acceptors (Lipinski definition) is 4. The molecule has 1 amide bonds. The van der Waals surface area contributed by atoms with E-state index in [1.807, 2.05) is 30.3 Å². The van der Waals surface area contributed by atoms with E-state index in [1.54, 1.807) is 12.1 Å². The zero-order chi connectivity index (χ0) is 18.4. The zero-order valence-corrected chi connectivity index (χ0v) is 15.5. The minimum Gasteiger partial charge on any atom is -0.352 e. The van der Waals surface area contributed by atoms with Gasteiger partial charge in [0.1, 0.15) is 5.82 Å². The molecule has 1 aromatic heterocycles. The third-order valence-corrected chi connectivity index (χ3v) is 4.36. The molecule has 0 aliphatic rings. The molecule has 0 saturated heterocycles. The Bertz CT molecular complexity index is 884. The van der Waals surface area contributed by atoms with Crippen molar-refractivity contribution < 1.29 is 9.18 Å². The molecule has 3 aromatic rings. The van der Waals surface area contributed by atoms with Crippen molar-refractivity contribution in [1.82, 2.24) is 25.5 Å². The maximum absolute atomic E-state index is 13.4. The number of benzene rings is 2. The molecule has 0 bridgehead atoms. The molecule has 0 radical (unpaired) electrons. The fraction of sp³-hybridized carbons (Fsp3) is 0.222. The summed E-state index contributed by atoms with van der Waals surface area (Å²) in [5.74, 6) is 0.118. The molecule has 0 saturated carbocycles. The molecule has 0 unspecified atom stereocenters. The molecule has 0 atom stereocenters. The Hall–Kier alpha value is -2.61. The minimum absolute atomic E-state index is 0.100. The van der Waals surface area contributed by atoms with Gasteiger partial charge in [0.2, 0.25) is 11.7 Å². The lowest BCUT2D eigenvalue weighted by Gasteiger charge is -2.06. The average Bonchev–Trinajstić information content (AvgIpc) is 3.12. The van der Waals surface area contributed by atoms with Crippen LogP contribution in [0.15, 0.2) is 53.0 Å². The summed E-state index contributed by atoms with van der Waals surface area (Å²) in [7, 11) is 0. The lowest BCUT2D eigenvalue weighted by atomic mass is 10.2.